The van der Waals surface area contributed by atoms with Gasteiger partial charge in [-0.05, 0) is 57.1 Å². The number of likely N-dealkylation sites (tertiary alicyclic amines) is 1. The minimum Gasteiger partial charge on any atom is -0.339 e. The summed E-state index contributed by atoms with van der Waals surface area (Å²) >= 11 is 0. The maximum Gasteiger partial charge on any atom is 0.238 e. The van der Waals surface area contributed by atoms with Gasteiger partial charge in [-0.1, -0.05) is 35.5 Å². The van der Waals surface area contributed by atoms with Gasteiger partial charge in [0.05, 0.1) is 6.54 Å². The van der Waals surface area contributed by atoms with E-state index in [1.807, 2.05) is 30.3 Å². The first-order valence-corrected chi connectivity index (χ1v) is 10.1. The van der Waals surface area contributed by atoms with Crippen molar-refractivity contribution < 1.29 is 14.1 Å². The zero-order valence-electron chi connectivity index (χ0n) is 16.9. The Morgan fingerprint density at radius 3 is 2.43 bits per heavy atom. The minimum absolute atomic E-state index is 0.00730. The molecule has 1 saturated heterocycles. The molecule has 0 radical (unpaired) electrons. The number of nitrogens with zero attached hydrogens (tertiary/aromatic N) is 3. The molecule has 0 saturated carbocycles. The second-order valence-electron chi connectivity index (χ2n) is 7.55. The van der Waals surface area contributed by atoms with E-state index in [0.717, 1.165) is 31.5 Å². The molecular weight excluding hydrogens is 380 g/mol. The topological polar surface area (TPSA) is 88.3 Å². The molecule has 2 aromatic carbocycles. The Hall–Kier alpha value is -3.32. The molecule has 0 unspecified atom stereocenters. The summed E-state index contributed by atoms with van der Waals surface area (Å²) in [5, 5.41) is 6.99. The zero-order chi connectivity index (χ0) is 20.9. The van der Waals surface area contributed by atoms with Crippen LogP contribution in [0.15, 0.2) is 59.1 Å². The summed E-state index contributed by atoms with van der Waals surface area (Å²) in [6.07, 6.45) is 1.74. The maximum absolute atomic E-state index is 12.4. The first-order valence-electron chi connectivity index (χ1n) is 10.1. The molecule has 7 nitrogen and oxygen atoms in total. The van der Waals surface area contributed by atoms with Crippen molar-refractivity contribution in [2.75, 3.05) is 25.0 Å². The predicted molar refractivity (Wildman–Crippen MR) is 113 cm³/mol. The molecule has 3 aromatic rings. The summed E-state index contributed by atoms with van der Waals surface area (Å²) in [4.78, 5) is 30.4. The third-order valence-corrected chi connectivity index (χ3v) is 5.35. The number of hydrogen-bond donors (Lipinski definition) is 1. The Morgan fingerprint density at radius 2 is 1.77 bits per heavy atom. The highest BCUT2D eigenvalue weighted by Crippen LogP contribution is 2.28. The van der Waals surface area contributed by atoms with Crippen molar-refractivity contribution >= 4 is 17.4 Å². The van der Waals surface area contributed by atoms with Crippen LogP contribution in [0.1, 0.15) is 41.9 Å². The Balaban J connectivity index is 1.27. The molecule has 0 atom stereocenters. The highest BCUT2D eigenvalue weighted by Gasteiger charge is 2.26. The van der Waals surface area contributed by atoms with Crippen molar-refractivity contribution in [2.24, 2.45) is 0 Å². The fraction of sp³-hybridized carbons (Fsp3) is 0.304. The number of hydrogen-bond acceptors (Lipinski definition) is 6. The summed E-state index contributed by atoms with van der Waals surface area (Å²) < 4.78 is 5.50. The van der Waals surface area contributed by atoms with Gasteiger partial charge in [0.2, 0.25) is 17.6 Å². The van der Waals surface area contributed by atoms with E-state index in [0.29, 0.717) is 29.5 Å². The number of nitrogens with one attached hydrogen (secondary N) is 1. The van der Waals surface area contributed by atoms with Crippen molar-refractivity contribution in [3.8, 4) is 11.4 Å². The van der Waals surface area contributed by atoms with E-state index in [2.05, 4.69) is 20.4 Å². The van der Waals surface area contributed by atoms with Crippen LogP contribution < -0.4 is 5.32 Å². The number of carbonyl (C=O) groups excluding carboxylic acids is 2. The van der Waals surface area contributed by atoms with Crippen LogP contribution in [0, 0.1) is 0 Å². The molecule has 1 N–H and O–H groups in total. The third-order valence-electron chi connectivity index (χ3n) is 5.35. The fourth-order valence-corrected chi connectivity index (χ4v) is 3.64. The molecule has 30 heavy (non-hydrogen) atoms. The summed E-state index contributed by atoms with van der Waals surface area (Å²) in [7, 11) is 0. The van der Waals surface area contributed by atoms with Crippen molar-refractivity contribution in [1.29, 1.82) is 0 Å². The van der Waals surface area contributed by atoms with E-state index in [1.54, 1.807) is 24.3 Å². The standard InChI is InChI=1S/C23H24N4O3/c1-16(28)17-7-9-20(10-8-17)24-21(29)15-27-13-11-19(12-14-27)23-25-22(26-30-23)18-5-3-2-4-6-18/h2-10,19H,11-15H2,1H3,(H,24,29). The number of piperidine rings is 1. The van der Waals surface area contributed by atoms with Crippen molar-refractivity contribution in [3.63, 3.8) is 0 Å². The average molecular weight is 404 g/mol. The lowest BCUT2D eigenvalue weighted by Crippen LogP contribution is -2.38. The van der Waals surface area contributed by atoms with E-state index in [1.165, 1.54) is 6.92 Å². The number of amides is 1. The van der Waals surface area contributed by atoms with E-state index in [9.17, 15) is 9.59 Å². The van der Waals surface area contributed by atoms with Crippen LogP contribution in [0.5, 0.6) is 0 Å². The summed E-state index contributed by atoms with van der Waals surface area (Å²) in [6.45, 7) is 3.45. The number of carbonyl (C=O) groups is 2. The molecule has 2 heterocycles. The van der Waals surface area contributed by atoms with Crippen molar-refractivity contribution in [1.82, 2.24) is 15.0 Å². The quantitative estimate of drug-likeness (QED) is 0.630. The SMILES string of the molecule is CC(=O)c1ccc(NC(=O)CN2CCC(c3nc(-c4ccccc4)no3)CC2)cc1. The Kier molecular flexibility index (Phi) is 5.99. The lowest BCUT2D eigenvalue weighted by molar-refractivity contribution is -0.117. The van der Waals surface area contributed by atoms with Crippen LogP contribution in [-0.4, -0.2) is 46.4 Å². The van der Waals surface area contributed by atoms with Crippen LogP contribution in [0.3, 0.4) is 0 Å². The molecular formula is C23H24N4O3. The molecule has 154 valence electrons. The number of anilines is 1. The normalized spacial score (nSPS) is 15.1. The molecule has 1 aliphatic rings. The Labute approximate surface area is 175 Å². The van der Waals surface area contributed by atoms with E-state index >= 15 is 0 Å². The largest absolute Gasteiger partial charge is 0.339 e. The third kappa shape index (κ3) is 4.80. The summed E-state index contributed by atoms with van der Waals surface area (Å²) in [5.41, 5.74) is 2.27. The molecule has 1 fully saturated rings. The lowest BCUT2D eigenvalue weighted by atomic mass is 9.97. The van der Waals surface area contributed by atoms with Gasteiger partial charge in [-0.2, -0.15) is 4.98 Å². The number of rotatable bonds is 6. The zero-order valence-corrected chi connectivity index (χ0v) is 16.9. The second kappa shape index (κ2) is 9.00. The van der Waals surface area contributed by atoms with Gasteiger partial charge < -0.3 is 9.84 Å². The monoisotopic (exact) mass is 404 g/mol. The Bertz CT molecular complexity index is 1010. The predicted octanol–water partition coefficient (Wildman–Crippen LogP) is 3.76. The Morgan fingerprint density at radius 1 is 1.07 bits per heavy atom. The summed E-state index contributed by atoms with van der Waals surface area (Å²) in [5.74, 6) is 1.45. The molecule has 0 aliphatic carbocycles. The van der Waals surface area contributed by atoms with Gasteiger partial charge in [0.25, 0.3) is 0 Å². The first kappa shape index (κ1) is 20.0. The number of Topliss-reactive ketones (excluding diaryl/α,β-unsaturated/α-hetero) is 1. The highest BCUT2D eigenvalue weighted by atomic mass is 16.5. The molecule has 0 spiro atoms. The number of benzene rings is 2. The smallest absolute Gasteiger partial charge is 0.238 e. The second-order valence-corrected chi connectivity index (χ2v) is 7.55. The first-order chi connectivity index (χ1) is 14.6. The van der Waals surface area contributed by atoms with Gasteiger partial charge in [0.15, 0.2) is 5.78 Å². The van der Waals surface area contributed by atoms with Gasteiger partial charge >= 0.3 is 0 Å². The molecule has 7 heteroatoms. The van der Waals surface area contributed by atoms with Crippen LogP contribution in [0.25, 0.3) is 11.4 Å². The van der Waals surface area contributed by atoms with Gasteiger partial charge in [-0.15, -0.1) is 0 Å². The fourth-order valence-electron chi connectivity index (χ4n) is 3.64. The van der Waals surface area contributed by atoms with Crippen molar-refractivity contribution in [3.05, 3.63) is 66.1 Å². The highest BCUT2D eigenvalue weighted by molar-refractivity contribution is 5.96. The number of ketones is 1. The van der Waals surface area contributed by atoms with Crippen LogP contribution in [-0.2, 0) is 4.79 Å². The molecule has 1 amide bonds. The molecule has 0 bridgehead atoms. The summed E-state index contributed by atoms with van der Waals surface area (Å²) in [6, 6.07) is 16.7. The van der Waals surface area contributed by atoms with E-state index < -0.39 is 0 Å². The van der Waals surface area contributed by atoms with Crippen molar-refractivity contribution in [2.45, 2.75) is 25.7 Å². The lowest BCUT2D eigenvalue weighted by Gasteiger charge is -2.29. The molecule has 1 aromatic heterocycles. The molecule has 4 rings (SSSR count). The maximum atomic E-state index is 12.4. The average Bonchev–Trinajstić information content (AvgIpc) is 3.25. The van der Waals surface area contributed by atoms with Gasteiger partial charge in [0, 0.05) is 22.7 Å². The van der Waals surface area contributed by atoms with Crippen LogP contribution >= 0.6 is 0 Å². The van der Waals surface area contributed by atoms with Crippen LogP contribution in [0.4, 0.5) is 5.69 Å². The molecule has 1 aliphatic heterocycles. The van der Waals surface area contributed by atoms with E-state index in [4.69, 9.17) is 4.52 Å². The van der Waals surface area contributed by atoms with E-state index in [-0.39, 0.29) is 17.6 Å². The van der Waals surface area contributed by atoms with Gasteiger partial charge in [-0.3, -0.25) is 14.5 Å². The minimum atomic E-state index is -0.0619. The van der Waals surface area contributed by atoms with Crippen LogP contribution in [0.2, 0.25) is 0 Å². The number of aromatic nitrogens is 2. The van der Waals surface area contributed by atoms with Gasteiger partial charge in [0.1, 0.15) is 0 Å². The van der Waals surface area contributed by atoms with Gasteiger partial charge in [-0.25, -0.2) is 0 Å².